The Bertz CT molecular complexity index is 1210. The monoisotopic (exact) mass is 292 g/mol. The van der Waals surface area contributed by atoms with Crippen molar-refractivity contribution in [3.63, 3.8) is 0 Å². The van der Waals surface area contributed by atoms with E-state index in [1.165, 1.54) is 48.7 Å². The molecule has 0 fully saturated rings. The summed E-state index contributed by atoms with van der Waals surface area (Å²) >= 11 is 0. The Kier molecular flexibility index (Phi) is 2.51. The number of hydrogen-bond acceptors (Lipinski definition) is 0. The van der Waals surface area contributed by atoms with Crippen molar-refractivity contribution in [1.29, 1.82) is 0 Å². The van der Waals surface area contributed by atoms with Gasteiger partial charge in [0.25, 0.3) is 0 Å². The minimum atomic E-state index is 1.34. The van der Waals surface area contributed by atoms with Crippen LogP contribution in [0.1, 0.15) is 5.56 Å². The molecule has 0 aliphatic heterocycles. The number of hydrogen-bond donors (Lipinski definition) is 0. The largest absolute Gasteiger partial charge is 0.0616 e. The molecular weight excluding hydrogens is 276 g/mol. The van der Waals surface area contributed by atoms with Crippen LogP contribution in [0.15, 0.2) is 78.9 Å². The first kappa shape index (κ1) is 12.7. The van der Waals surface area contributed by atoms with Crippen molar-refractivity contribution in [3.8, 4) is 0 Å². The van der Waals surface area contributed by atoms with Gasteiger partial charge in [0, 0.05) is 0 Å². The summed E-state index contributed by atoms with van der Waals surface area (Å²) in [5, 5.41) is 10.8. The second-order valence-electron chi connectivity index (χ2n) is 6.25. The molecule has 0 unspecified atom stereocenters. The predicted octanol–water partition coefficient (Wildman–Crippen LogP) is 6.61. The molecule has 108 valence electrons. The van der Waals surface area contributed by atoms with Gasteiger partial charge in [-0.15, -0.1) is 0 Å². The Balaban J connectivity index is 2.25. The smallest absolute Gasteiger partial charge is 0.00202 e. The van der Waals surface area contributed by atoms with Crippen LogP contribution >= 0.6 is 0 Å². The number of rotatable bonds is 0. The van der Waals surface area contributed by atoms with Gasteiger partial charge in [-0.05, 0) is 55.6 Å². The lowest BCUT2D eigenvalue weighted by Gasteiger charge is -2.14. The molecule has 0 spiro atoms. The van der Waals surface area contributed by atoms with Crippen LogP contribution in [-0.4, -0.2) is 0 Å². The van der Waals surface area contributed by atoms with Crippen molar-refractivity contribution in [1.82, 2.24) is 0 Å². The van der Waals surface area contributed by atoms with E-state index in [2.05, 4.69) is 85.8 Å². The highest BCUT2D eigenvalue weighted by molar-refractivity contribution is 6.31. The quantitative estimate of drug-likeness (QED) is 0.282. The summed E-state index contributed by atoms with van der Waals surface area (Å²) in [5.74, 6) is 0. The fourth-order valence-corrected chi connectivity index (χ4v) is 3.95. The second-order valence-corrected chi connectivity index (χ2v) is 6.25. The van der Waals surface area contributed by atoms with Crippen molar-refractivity contribution >= 4 is 43.1 Å². The highest BCUT2D eigenvalue weighted by atomic mass is 14.1. The Hall–Kier alpha value is -2.86. The Labute approximate surface area is 135 Å². The molecule has 0 aliphatic rings. The molecule has 0 heterocycles. The van der Waals surface area contributed by atoms with Crippen molar-refractivity contribution in [2.45, 2.75) is 6.92 Å². The van der Waals surface area contributed by atoms with E-state index in [1.807, 2.05) is 0 Å². The molecule has 0 N–H and O–H groups in total. The van der Waals surface area contributed by atoms with Gasteiger partial charge < -0.3 is 0 Å². The highest BCUT2D eigenvalue weighted by Crippen LogP contribution is 2.39. The van der Waals surface area contributed by atoms with E-state index in [1.54, 1.807) is 0 Å². The number of aryl methyl sites for hydroxylation is 1. The lowest BCUT2D eigenvalue weighted by molar-refractivity contribution is 1.56. The van der Waals surface area contributed by atoms with Crippen LogP contribution in [0.5, 0.6) is 0 Å². The van der Waals surface area contributed by atoms with Crippen LogP contribution in [-0.2, 0) is 0 Å². The molecule has 5 rings (SSSR count). The minimum Gasteiger partial charge on any atom is -0.0616 e. The van der Waals surface area contributed by atoms with Crippen LogP contribution < -0.4 is 0 Å². The average Bonchev–Trinajstić information content (AvgIpc) is 2.62. The van der Waals surface area contributed by atoms with E-state index < -0.39 is 0 Å². The van der Waals surface area contributed by atoms with Gasteiger partial charge >= 0.3 is 0 Å². The van der Waals surface area contributed by atoms with E-state index in [-0.39, 0.29) is 0 Å². The first-order valence-corrected chi connectivity index (χ1v) is 8.06. The Morgan fingerprint density at radius 2 is 0.826 bits per heavy atom. The first-order chi connectivity index (χ1) is 11.3. The third-order valence-electron chi connectivity index (χ3n) is 4.96. The molecule has 0 amide bonds. The molecule has 5 aromatic rings. The molecule has 0 aromatic heterocycles. The molecule has 0 saturated carbocycles. The molecule has 0 radical (unpaired) electrons. The average molecular weight is 292 g/mol. The van der Waals surface area contributed by atoms with Crippen molar-refractivity contribution in [2.24, 2.45) is 0 Å². The van der Waals surface area contributed by atoms with Crippen LogP contribution in [0.2, 0.25) is 0 Å². The van der Waals surface area contributed by atoms with Gasteiger partial charge in [0.1, 0.15) is 0 Å². The van der Waals surface area contributed by atoms with Gasteiger partial charge in [0.15, 0.2) is 0 Å². The second kappa shape index (κ2) is 4.57. The normalized spacial score (nSPS) is 11.7. The lowest BCUT2D eigenvalue weighted by Crippen LogP contribution is -1.87. The Morgan fingerprint density at radius 1 is 0.435 bits per heavy atom. The summed E-state index contributed by atoms with van der Waals surface area (Å²) in [5.41, 5.74) is 1.34. The topological polar surface area (TPSA) is 0 Å². The van der Waals surface area contributed by atoms with Crippen molar-refractivity contribution in [2.75, 3.05) is 0 Å². The SMILES string of the molecule is Cc1cc2c3ccccc3c3ccccc3c2c2ccccc12. The number of benzene rings is 5. The first-order valence-electron chi connectivity index (χ1n) is 8.06. The molecule has 0 saturated heterocycles. The lowest BCUT2D eigenvalue weighted by atomic mass is 9.89. The molecule has 5 aromatic carbocycles. The van der Waals surface area contributed by atoms with Crippen LogP contribution in [0.3, 0.4) is 0 Å². The molecule has 0 nitrogen and oxygen atoms in total. The van der Waals surface area contributed by atoms with Gasteiger partial charge in [-0.25, -0.2) is 0 Å². The summed E-state index contributed by atoms with van der Waals surface area (Å²) in [7, 11) is 0. The molecule has 0 bridgehead atoms. The maximum Gasteiger partial charge on any atom is -0.00202 e. The standard InChI is InChI=1S/C23H16/c1-15-14-22-19-11-4-3-9-17(19)18-10-5-7-13-21(18)23(22)20-12-6-2-8-16(15)20/h2-14H,1H3. The summed E-state index contributed by atoms with van der Waals surface area (Å²) in [6, 6.07) is 28.7. The van der Waals surface area contributed by atoms with Gasteiger partial charge in [-0.3, -0.25) is 0 Å². The summed E-state index contributed by atoms with van der Waals surface area (Å²) in [4.78, 5) is 0. The van der Waals surface area contributed by atoms with Gasteiger partial charge in [-0.2, -0.15) is 0 Å². The van der Waals surface area contributed by atoms with E-state index in [4.69, 9.17) is 0 Å². The van der Waals surface area contributed by atoms with Gasteiger partial charge in [0.05, 0.1) is 0 Å². The maximum absolute atomic E-state index is 2.35. The summed E-state index contributed by atoms with van der Waals surface area (Å²) < 4.78 is 0. The van der Waals surface area contributed by atoms with E-state index in [0.29, 0.717) is 0 Å². The molecule has 0 heteroatoms. The van der Waals surface area contributed by atoms with Crippen LogP contribution in [0, 0.1) is 6.92 Å². The molecule has 23 heavy (non-hydrogen) atoms. The summed E-state index contributed by atoms with van der Waals surface area (Å²) in [6.45, 7) is 2.21. The van der Waals surface area contributed by atoms with E-state index in [9.17, 15) is 0 Å². The minimum absolute atomic E-state index is 1.34. The molecule has 0 atom stereocenters. The maximum atomic E-state index is 2.35. The van der Waals surface area contributed by atoms with E-state index in [0.717, 1.165) is 0 Å². The molecular formula is C23H16. The fourth-order valence-electron chi connectivity index (χ4n) is 3.95. The van der Waals surface area contributed by atoms with E-state index >= 15 is 0 Å². The van der Waals surface area contributed by atoms with Crippen molar-refractivity contribution in [3.05, 3.63) is 84.4 Å². The zero-order chi connectivity index (χ0) is 15.4. The Morgan fingerprint density at radius 3 is 1.43 bits per heavy atom. The third-order valence-corrected chi connectivity index (χ3v) is 4.96. The van der Waals surface area contributed by atoms with Crippen molar-refractivity contribution < 1.29 is 0 Å². The van der Waals surface area contributed by atoms with Gasteiger partial charge in [-0.1, -0.05) is 78.9 Å². The number of fused-ring (bicyclic) bond motifs is 8. The van der Waals surface area contributed by atoms with Gasteiger partial charge in [0.2, 0.25) is 0 Å². The third kappa shape index (κ3) is 1.66. The van der Waals surface area contributed by atoms with Crippen LogP contribution in [0.25, 0.3) is 43.1 Å². The summed E-state index contributed by atoms with van der Waals surface area (Å²) in [6.07, 6.45) is 0. The predicted molar refractivity (Wildman–Crippen MR) is 101 cm³/mol. The van der Waals surface area contributed by atoms with Crippen LogP contribution in [0.4, 0.5) is 0 Å². The highest BCUT2D eigenvalue weighted by Gasteiger charge is 2.11. The molecule has 0 aliphatic carbocycles. The zero-order valence-electron chi connectivity index (χ0n) is 13.0. The zero-order valence-corrected chi connectivity index (χ0v) is 13.0. The fraction of sp³-hybridized carbons (Fsp3) is 0.0435.